The number of para-hydroxylation sites is 2. The molecular formula is C14H22N3O2+. The molecule has 1 fully saturated rings. The molecule has 1 saturated heterocycles. The van der Waals surface area contributed by atoms with Gasteiger partial charge in [0.1, 0.15) is 5.75 Å². The molecule has 0 unspecified atom stereocenters. The first-order valence-electron chi connectivity index (χ1n) is 6.79. The number of quaternary nitrogens is 1. The molecule has 0 atom stereocenters. The van der Waals surface area contributed by atoms with Crippen LogP contribution in [0.15, 0.2) is 24.3 Å². The van der Waals surface area contributed by atoms with Gasteiger partial charge in [-0.1, -0.05) is 12.1 Å². The number of carbonyl (C=O) groups excluding carboxylic acids is 1. The molecule has 2 rings (SSSR count). The summed E-state index contributed by atoms with van der Waals surface area (Å²) >= 11 is 0. The van der Waals surface area contributed by atoms with Crippen LogP contribution in [0.1, 0.15) is 6.92 Å². The monoisotopic (exact) mass is 264 g/mol. The van der Waals surface area contributed by atoms with Crippen molar-refractivity contribution in [2.24, 2.45) is 5.73 Å². The van der Waals surface area contributed by atoms with Crippen LogP contribution in [0.2, 0.25) is 0 Å². The van der Waals surface area contributed by atoms with Gasteiger partial charge in [-0.15, -0.1) is 0 Å². The molecule has 0 saturated carbocycles. The number of hydrogen-bond donors (Lipinski definition) is 2. The average molecular weight is 264 g/mol. The number of amides is 1. The van der Waals surface area contributed by atoms with E-state index in [1.807, 2.05) is 25.1 Å². The Morgan fingerprint density at radius 3 is 2.68 bits per heavy atom. The van der Waals surface area contributed by atoms with Crippen molar-refractivity contribution in [2.75, 3.05) is 44.2 Å². The van der Waals surface area contributed by atoms with E-state index in [1.165, 1.54) is 4.90 Å². The van der Waals surface area contributed by atoms with Crippen LogP contribution in [0, 0.1) is 0 Å². The van der Waals surface area contributed by atoms with Crippen LogP contribution >= 0.6 is 0 Å². The van der Waals surface area contributed by atoms with Gasteiger partial charge in [-0.3, -0.25) is 4.79 Å². The zero-order valence-corrected chi connectivity index (χ0v) is 11.4. The molecule has 0 radical (unpaired) electrons. The molecule has 1 aromatic carbocycles. The number of carbonyl (C=O) groups is 1. The number of rotatable bonds is 5. The van der Waals surface area contributed by atoms with Gasteiger partial charge in [-0.2, -0.15) is 0 Å². The van der Waals surface area contributed by atoms with E-state index < -0.39 is 0 Å². The summed E-state index contributed by atoms with van der Waals surface area (Å²) in [4.78, 5) is 14.5. The molecule has 0 bridgehead atoms. The second-order valence-corrected chi connectivity index (χ2v) is 4.78. The summed E-state index contributed by atoms with van der Waals surface area (Å²) in [5.74, 6) is 0.710. The van der Waals surface area contributed by atoms with E-state index in [0.717, 1.165) is 37.6 Å². The van der Waals surface area contributed by atoms with Crippen molar-refractivity contribution in [1.82, 2.24) is 0 Å². The van der Waals surface area contributed by atoms with Gasteiger partial charge in [0.05, 0.1) is 38.5 Å². The normalized spacial score (nSPS) is 16.4. The number of nitrogens with two attached hydrogens (primary N) is 1. The maximum Gasteiger partial charge on any atom is 0.272 e. The Labute approximate surface area is 113 Å². The van der Waals surface area contributed by atoms with E-state index >= 15 is 0 Å². The lowest BCUT2D eigenvalue weighted by Crippen LogP contribution is -3.15. The summed E-state index contributed by atoms with van der Waals surface area (Å²) in [6.45, 7) is 6.81. The fourth-order valence-electron chi connectivity index (χ4n) is 2.48. The lowest BCUT2D eigenvalue weighted by atomic mass is 10.2. The van der Waals surface area contributed by atoms with Gasteiger partial charge < -0.3 is 20.3 Å². The van der Waals surface area contributed by atoms with Crippen molar-refractivity contribution in [2.45, 2.75) is 6.92 Å². The molecule has 1 aromatic rings. The number of nitrogens with zero attached hydrogens (tertiary/aromatic N) is 1. The standard InChI is InChI=1S/C14H21N3O2/c1-2-19-13-6-4-3-5-12(13)17-9-7-16(8-10-17)11-14(15)18/h3-6H,2,7-11H2,1H3,(H2,15,18)/p+1. The summed E-state index contributed by atoms with van der Waals surface area (Å²) in [5.41, 5.74) is 6.38. The van der Waals surface area contributed by atoms with Crippen molar-refractivity contribution >= 4 is 11.6 Å². The van der Waals surface area contributed by atoms with Crippen LogP contribution in [0.25, 0.3) is 0 Å². The quantitative estimate of drug-likeness (QED) is 0.737. The molecule has 19 heavy (non-hydrogen) atoms. The first kappa shape index (κ1) is 13.7. The number of piperazine rings is 1. The summed E-state index contributed by atoms with van der Waals surface area (Å²) in [6.07, 6.45) is 0. The van der Waals surface area contributed by atoms with Crippen LogP contribution < -0.4 is 20.3 Å². The molecule has 104 valence electrons. The molecule has 0 aliphatic carbocycles. The lowest BCUT2D eigenvalue weighted by Gasteiger charge is -2.33. The minimum absolute atomic E-state index is 0.224. The van der Waals surface area contributed by atoms with Crippen LogP contribution in [-0.2, 0) is 4.79 Å². The van der Waals surface area contributed by atoms with E-state index in [2.05, 4.69) is 11.0 Å². The Morgan fingerprint density at radius 2 is 2.05 bits per heavy atom. The summed E-state index contributed by atoms with van der Waals surface area (Å²) in [7, 11) is 0. The zero-order valence-electron chi connectivity index (χ0n) is 11.4. The predicted octanol–water partition coefficient (Wildman–Crippen LogP) is -0.724. The maximum atomic E-state index is 10.9. The molecule has 5 nitrogen and oxygen atoms in total. The Balaban J connectivity index is 1.99. The highest BCUT2D eigenvalue weighted by Gasteiger charge is 2.22. The highest BCUT2D eigenvalue weighted by atomic mass is 16.5. The predicted molar refractivity (Wildman–Crippen MR) is 74.6 cm³/mol. The van der Waals surface area contributed by atoms with Gasteiger partial charge in [0.2, 0.25) is 0 Å². The summed E-state index contributed by atoms with van der Waals surface area (Å²) in [6, 6.07) is 8.11. The molecule has 1 aliphatic heterocycles. The Bertz CT molecular complexity index is 428. The van der Waals surface area contributed by atoms with Crippen molar-refractivity contribution in [3.05, 3.63) is 24.3 Å². The van der Waals surface area contributed by atoms with E-state index in [-0.39, 0.29) is 5.91 Å². The molecule has 1 heterocycles. The third-order valence-corrected chi connectivity index (χ3v) is 3.40. The highest BCUT2D eigenvalue weighted by Crippen LogP contribution is 2.27. The van der Waals surface area contributed by atoms with Gasteiger partial charge >= 0.3 is 0 Å². The number of nitrogens with one attached hydrogen (secondary N) is 1. The molecule has 0 aromatic heterocycles. The fraction of sp³-hybridized carbons (Fsp3) is 0.500. The number of anilines is 1. The van der Waals surface area contributed by atoms with E-state index in [0.29, 0.717) is 13.2 Å². The zero-order chi connectivity index (χ0) is 13.7. The van der Waals surface area contributed by atoms with Crippen molar-refractivity contribution in [3.8, 4) is 5.75 Å². The second kappa shape index (κ2) is 6.43. The van der Waals surface area contributed by atoms with Crippen molar-refractivity contribution in [1.29, 1.82) is 0 Å². The van der Waals surface area contributed by atoms with E-state index in [4.69, 9.17) is 10.5 Å². The smallest absolute Gasteiger partial charge is 0.272 e. The number of hydrogen-bond acceptors (Lipinski definition) is 3. The first-order valence-corrected chi connectivity index (χ1v) is 6.79. The SMILES string of the molecule is CCOc1ccccc1N1CC[NH+](CC(N)=O)CC1. The Morgan fingerprint density at radius 1 is 1.37 bits per heavy atom. The lowest BCUT2D eigenvalue weighted by molar-refractivity contribution is -0.892. The van der Waals surface area contributed by atoms with Gasteiger partial charge in [0.25, 0.3) is 5.91 Å². The van der Waals surface area contributed by atoms with Gasteiger partial charge in [0.15, 0.2) is 6.54 Å². The largest absolute Gasteiger partial charge is 0.492 e. The van der Waals surface area contributed by atoms with Crippen LogP contribution in [0.3, 0.4) is 0 Å². The van der Waals surface area contributed by atoms with Crippen LogP contribution in [-0.4, -0.2) is 45.2 Å². The minimum atomic E-state index is -0.224. The maximum absolute atomic E-state index is 10.9. The number of primary amides is 1. The molecule has 0 spiro atoms. The third kappa shape index (κ3) is 3.61. The summed E-state index contributed by atoms with van der Waals surface area (Å²) < 4.78 is 5.66. The van der Waals surface area contributed by atoms with Gasteiger partial charge in [-0.25, -0.2) is 0 Å². The molecular weight excluding hydrogens is 242 g/mol. The van der Waals surface area contributed by atoms with Gasteiger partial charge in [0, 0.05) is 0 Å². The molecule has 3 N–H and O–H groups in total. The summed E-state index contributed by atoms with van der Waals surface area (Å²) in [5, 5.41) is 0. The number of ether oxygens (including phenoxy) is 1. The van der Waals surface area contributed by atoms with Crippen molar-refractivity contribution < 1.29 is 14.4 Å². The third-order valence-electron chi connectivity index (χ3n) is 3.40. The fourth-order valence-corrected chi connectivity index (χ4v) is 2.48. The molecule has 1 amide bonds. The van der Waals surface area contributed by atoms with Crippen molar-refractivity contribution in [3.63, 3.8) is 0 Å². The van der Waals surface area contributed by atoms with E-state index in [1.54, 1.807) is 0 Å². The van der Waals surface area contributed by atoms with Crippen LogP contribution in [0.4, 0.5) is 5.69 Å². The van der Waals surface area contributed by atoms with Crippen LogP contribution in [0.5, 0.6) is 5.75 Å². The average Bonchev–Trinajstić information content (AvgIpc) is 2.40. The Hall–Kier alpha value is -1.75. The molecule has 5 heteroatoms. The topological polar surface area (TPSA) is 60.0 Å². The number of benzene rings is 1. The minimum Gasteiger partial charge on any atom is -0.492 e. The molecule has 1 aliphatic rings. The second-order valence-electron chi connectivity index (χ2n) is 4.78. The highest BCUT2D eigenvalue weighted by molar-refractivity contribution is 5.74. The van der Waals surface area contributed by atoms with E-state index in [9.17, 15) is 4.79 Å². The first-order chi connectivity index (χ1) is 9.20. The Kier molecular flexibility index (Phi) is 4.63. The van der Waals surface area contributed by atoms with Gasteiger partial charge in [-0.05, 0) is 19.1 Å².